The molecule has 3 N–H and O–H groups in total. The highest BCUT2D eigenvalue weighted by atomic mass is 19.1. The topological polar surface area (TPSA) is 90.6 Å². The molecule has 1 aromatic rings. The van der Waals surface area contributed by atoms with E-state index in [-0.39, 0.29) is 12.1 Å². The van der Waals surface area contributed by atoms with E-state index in [0.717, 1.165) is 6.07 Å². The normalized spacial score (nSPS) is 12.5. The lowest BCUT2D eigenvalue weighted by molar-refractivity contribution is -0.142. The average molecular weight is 312 g/mol. The minimum atomic E-state index is -0.939. The Morgan fingerprint density at radius 2 is 2.00 bits per heavy atom. The van der Waals surface area contributed by atoms with Crippen LogP contribution >= 0.6 is 0 Å². The van der Waals surface area contributed by atoms with E-state index in [9.17, 15) is 14.0 Å². The Balaban J connectivity index is 2.99. The van der Waals surface area contributed by atoms with Crippen LogP contribution in [0.5, 0.6) is 0 Å². The maximum Gasteiger partial charge on any atom is 0.412 e. The largest absolute Gasteiger partial charge is 0.469 e. The maximum atomic E-state index is 13.9. The van der Waals surface area contributed by atoms with E-state index in [1.165, 1.54) is 19.2 Å². The summed E-state index contributed by atoms with van der Waals surface area (Å²) < 4.78 is 23.6. The van der Waals surface area contributed by atoms with Crippen LogP contribution in [-0.4, -0.2) is 31.3 Å². The van der Waals surface area contributed by atoms with Crippen molar-refractivity contribution in [3.05, 3.63) is 29.6 Å². The first-order valence-electron chi connectivity index (χ1n) is 6.75. The zero-order chi connectivity index (χ0) is 16.9. The van der Waals surface area contributed by atoms with E-state index in [0.29, 0.717) is 5.69 Å². The van der Waals surface area contributed by atoms with Crippen molar-refractivity contribution in [1.82, 2.24) is 0 Å². The fraction of sp³-hybridized carbons (Fsp3) is 0.467. The standard InChI is InChI=1S/C15H21FN2O4/c1-15(2,3)22-14(20)18-9-5-6-12(16)10(7-9)11(8-17)13(19)21-4/h5-7,11H,8,17H2,1-4H3,(H,18,20). The predicted molar refractivity (Wildman–Crippen MR) is 80.1 cm³/mol. The van der Waals surface area contributed by atoms with Gasteiger partial charge in [0.15, 0.2) is 0 Å². The van der Waals surface area contributed by atoms with Gasteiger partial charge in [-0.2, -0.15) is 0 Å². The summed E-state index contributed by atoms with van der Waals surface area (Å²) in [7, 11) is 1.20. The Morgan fingerprint density at radius 1 is 1.36 bits per heavy atom. The molecule has 0 aromatic heterocycles. The molecule has 1 unspecified atom stereocenters. The number of ether oxygens (including phenoxy) is 2. The van der Waals surface area contributed by atoms with Crippen LogP contribution in [0.1, 0.15) is 32.3 Å². The van der Waals surface area contributed by atoms with Gasteiger partial charge < -0.3 is 15.2 Å². The molecule has 6 nitrogen and oxygen atoms in total. The third-order valence-electron chi connectivity index (χ3n) is 2.74. The average Bonchev–Trinajstić information content (AvgIpc) is 2.40. The smallest absolute Gasteiger partial charge is 0.412 e. The molecular weight excluding hydrogens is 291 g/mol. The molecule has 1 amide bonds. The van der Waals surface area contributed by atoms with Gasteiger partial charge in [0.2, 0.25) is 0 Å². The highest BCUT2D eigenvalue weighted by Gasteiger charge is 2.24. The van der Waals surface area contributed by atoms with Gasteiger partial charge in [-0.15, -0.1) is 0 Å². The molecule has 0 saturated carbocycles. The zero-order valence-electron chi connectivity index (χ0n) is 13.1. The Bertz CT molecular complexity index is 555. The van der Waals surface area contributed by atoms with E-state index < -0.39 is 29.4 Å². The van der Waals surface area contributed by atoms with Crippen LogP contribution in [-0.2, 0) is 14.3 Å². The van der Waals surface area contributed by atoms with E-state index in [1.54, 1.807) is 20.8 Å². The summed E-state index contributed by atoms with van der Waals surface area (Å²) in [6.45, 7) is 5.07. The van der Waals surface area contributed by atoms with Crippen LogP contribution in [0.15, 0.2) is 18.2 Å². The second-order valence-corrected chi connectivity index (χ2v) is 5.67. The van der Waals surface area contributed by atoms with Crippen LogP contribution in [0.25, 0.3) is 0 Å². The Hall–Kier alpha value is -2.15. The molecule has 0 radical (unpaired) electrons. The van der Waals surface area contributed by atoms with Gasteiger partial charge in [-0.3, -0.25) is 10.1 Å². The number of benzene rings is 1. The lowest BCUT2D eigenvalue weighted by Crippen LogP contribution is -2.27. The van der Waals surface area contributed by atoms with Crippen molar-refractivity contribution < 1.29 is 23.5 Å². The van der Waals surface area contributed by atoms with Gasteiger partial charge in [-0.05, 0) is 39.0 Å². The summed E-state index contributed by atoms with van der Waals surface area (Å²) in [4.78, 5) is 23.3. The number of anilines is 1. The van der Waals surface area contributed by atoms with Gasteiger partial charge in [0.1, 0.15) is 11.4 Å². The molecule has 0 heterocycles. The molecule has 22 heavy (non-hydrogen) atoms. The molecule has 0 aliphatic carbocycles. The van der Waals surface area contributed by atoms with Crippen LogP contribution < -0.4 is 11.1 Å². The van der Waals surface area contributed by atoms with Crippen molar-refractivity contribution in [2.24, 2.45) is 5.73 Å². The summed E-state index contributed by atoms with van der Waals surface area (Å²) in [6, 6.07) is 3.86. The van der Waals surface area contributed by atoms with Crippen molar-refractivity contribution in [1.29, 1.82) is 0 Å². The van der Waals surface area contributed by atoms with E-state index in [1.807, 2.05) is 0 Å². The molecule has 0 saturated heterocycles. The molecule has 7 heteroatoms. The molecule has 0 fully saturated rings. The molecule has 0 aliphatic rings. The minimum Gasteiger partial charge on any atom is -0.469 e. The summed E-state index contributed by atoms with van der Waals surface area (Å²) in [5.74, 6) is -2.18. The zero-order valence-corrected chi connectivity index (χ0v) is 13.1. The number of esters is 1. The van der Waals surface area contributed by atoms with E-state index >= 15 is 0 Å². The molecule has 0 spiro atoms. The SMILES string of the molecule is COC(=O)C(CN)c1cc(NC(=O)OC(C)(C)C)ccc1F. The fourth-order valence-electron chi connectivity index (χ4n) is 1.80. The lowest BCUT2D eigenvalue weighted by atomic mass is 9.98. The summed E-state index contributed by atoms with van der Waals surface area (Å²) >= 11 is 0. The number of rotatable bonds is 4. The maximum absolute atomic E-state index is 13.9. The second-order valence-electron chi connectivity index (χ2n) is 5.67. The molecule has 0 aliphatic heterocycles. The Kier molecular flexibility index (Phi) is 5.87. The molecule has 1 rings (SSSR count). The second kappa shape index (κ2) is 7.22. The number of methoxy groups -OCH3 is 1. The van der Waals surface area contributed by atoms with Gasteiger partial charge in [0.25, 0.3) is 0 Å². The van der Waals surface area contributed by atoms with Crippen molar-refractivity contribution in [3.8, 4) is 0 Å². The van der Waals surface area contributed by atoms with Crippen LogP contribution in [0.2, 0.25) is 0 Å². The van der Waals surface area contributed by atoms with Gasteiger partial charge in [0, 0.05) is 17.8 Å². The monoisotopic (exact) mass is 312 g/mol. The highest BCUT2D eigenvalue weighted by molar-refractivity contribution is 5.85. The number of hydrogen-bond donors (Lipinski definition) is 2. The quantitative estimate of drug-likeness (QED) is 0.833. The molecule has 1 aromatic carbocycles. The van der Waals surface area contributed by atoms with E-state index in [4.69, 9.17) is 10.5 Å². The third kappa shape index (κ3) is 5.00. The van der Waals surface area contributed by atoms with Crippen LogP contribution in [0.3, 0.4) is 0 Å². The van der Waals surface area contributed by atoms with Crippen molar-refractivity contribution >= 4 is 17.7 Å². The number of amides is 1. The van der Waals surface area contributed by atoms with Gasteiger partial charge in [-0.25, -0.2) is 9.18 Å². The lowest BCUT2D eigenvalue weighted by Gasteiger charge is -2.20. The van der Waals surface area contributed by atoms with Crippen molar-refractivity contribution in [2.75, 3.05) is 19.0 Å². The fourth-order valence-corrected chi connectivity index (χ4v) is 1.80. The van der Waals surface area contributed by atoms with Crippen LogP contribution in [0, 0.1) is 5.82 Å². The summed E-state index contributed by atoms with van der Waals surface area (Å²) in [5, 5.41) is 2.48. The molecule has 0 bridgehead atoms. The van der Waals surface area contributed by atoms with Crippen molar-refractivity contribution in [2.45, 2.75) is 32.3 Å². The predicted octanol–water partition coefficient (Wildman–Crippen LogP) is 2.39. The Morgan fingerprint density at radius 3 is 2.50 bits per heavy atom. The molecule has 1 atom stereocenters. The van der Waals surface area contributed by atoms with Crippen LogP contribution in [0.4, 0.5) is 14.9 Å². The van der Waals surface area contributed by atoms with Gasteiger partial charge in [-0.1, -0.05) is 0 Å². The first kappa shape index (κ1) is 17.9. The summed E-state index contributed by atoms with van der Waals surface area (Å²) in [5.41, 5.74) is 5.21. The first-order valence-corrected chi connectivity index (χ1v) is 6.75. The molecule has 122 valence electrons. The van der Waals surface area contributed by atoms with Gasteiger partial charge in [0.05, 0.1) is 13.0 Å². The third-order valence-corrected chi connectivity index (χ3v) is 2.74. The van der Waals surface area contributed by atoms with Crippen molar-refractivity contribution in [3.63, 3.8) is 0 Å². The number of nitrogens with two attached hydrogens (primary N) is 1. The first-order chi connectivity index (χ1) is 10.2. The summed E-state index contributed by atoms with van der Waals surface area (Å²) in [6.07, 6.45) is -0.674. The van der Waals surface area contributed by atoms with Gasteiger partial charge >= 0.3 is 12.1 Å². The number of nitrogens with one attached hydrogen (secondary N) is 1. The minimum absolute atomic E-state index is 0.0582. The van der Waals surface area contributed by atoms with E-state index in [2.05, 4.69) is 10.1 Å². The Labute approximate surface area is 128 Å². The number of hydrogen-bond acceptors (Lipinski definition) is 5. The highest BCUT2D eigenvalue weighted by Crippen LogP contribution is 2.24. The molecular formula is C15H21FN2O4. The number of halogens is 1. The number of carbonyl (C=O) groups excluding carboxylic acids is 2. The number of carbonyl (C=O) groups is 2.